The van der Waals surface area contributed by atoms with Crippen molar-refractivity contribution in [3.63, 3.8) is 0 Å². The lowest BCUT2D eigenvalue weighted by Gasteiger charge is -2.25. The highest BCUT2D eigenvalue weighted by molar-refractivity contribution is 5.80. The van der Waals surface area contributed by atoms with Crippen molar-refractivity contribution < 1.29 is 17.6 Å². The fourth-order valence-corrected chi connectivity index (χ4v) is 1.84. The van der Waals surface area contributed by atoms with Crippen molar-refractivity contribution in [2.75, 3.05) is 20.1 Å². The van der Waals surface area contributed by atoms with Crippen molar-refractivity contribution in [3.8, 4) is 0 Å². The molecule has 0 amide bonds. The van der Waals surface area contributed by atoms with E-state index < -0.39 is 28.8 Å². The molecule has 2 rings (SSSR count). The second-order valence-corrected chi connectivity index (χ2v) is 4.28. The Morgan fingerprint density at radius 1 is 1.21 bits per heavy atom. The standard InChI is InChI=1S/C12H13F4N3/c1-19-4-2-3-17-12(19)18-6-7-8(13)5-9(14)11(16)10(7)15/h5H,2-4,6H2,1H3,(H,17,18). The molecule has 1 aromatic carbocycles. The topological polar surface area (TPSA) is 27.6 Å². The number of aliphatic imine (C=N–C) groups is 1. The fraction of sp³-hybridized carbons (Fsp3) is 0.417. The molecule has 0 fully saturated rings. The minimum Gasteiger partial charge on any atom is -0.352 e. The lowest BCUT2D eigenvalue weighted by Crippen LogP contribution is -2.42. The summed E-state index contributed by atoms with van der Waals surface area (Å²) in [7, 11) is 1.78. The molecule has 1 aliphatic heterocycles. The van der Waals surface area contributed by atoms with Gasteiger partial charge in [-0.2, -0.15) is 0 Å². The predicted octanol–water partition coefficient (Wildman–Crippen LogP) is 2.02. The molecule has 1 aliphatic rings. The smallest absolute Gasteiger partial charge is 0.194 e. The largest absolute Gasteiger partial charge is 0.352 e. The van der Waals surface area contributed by atoms with E-state index in [0.29, 0.717) is 18.6 Å². The average molecular weight is 275 g/mol. The molecule has 0 atom stereocenters. The molecule has 0 saturated carbocycles. The van der Waals surface area contributed by atoms with Gasteiger partial charge in [-0.05, 0) is 6.42 Å². The second kappa shape index (κ2) is 5.46. The molecular weight excluding hydrogens is 262 g/mol. The van der Waals surface area contributed by atoms with Gasteiger partial charge >= 0.3 is 0 Å². The van der Waals surface area contributed by atoms with E-state index in [4.69, 9.17) is 0 Å². The number of rotatable bonds is 2. The summed E-state index contributed by atoms with van der Waals surface area (Å²) in [6.45, 7) is 1.10. The zero-order valence-corrected chi connectivity index (χ0v) is 10.3. The molecule has 0 bridgehead atoms. The van der Waals surface area contributed by atoms with Crippen LogP contribution in [-0.4, -0.2) is 31.0 Å². The quantitative estimate of drug-likeness (QED) is 0.508. The Morgan fingerprint density at radius 3 is 2.63 bits per heavy atom. The summed E-state index contributed by atoms with van der Waals surface area (Å²) < 4.78 is 52.6. The molecule has 0 unspecified atom stereocenters. The van der Waals surface area contributed by atoms with Gasteiger partial charge in [0.25, 0.3) is 0 Å². The molecule has 0 radical (unpaired) electrons. The van der Waals surface area contributed by atoms with E-state index in [-0.39, 0.29) is 6.54 Å². The Balaban J connectivity index is 2.16. The molecule has 0 aromatic heterocycles. The molecular formula is C12H13F4N3. The van der Waals surface area contributed by atoms with E-state index in [1.165, 1.54) is 0 Å². The van der Waals surface area contributed by atoms with Gasteiger partial charge in [0.1, 0.15) is 5.82 Å². The average Bonchev–Trinajstić information content (AvgIpc) is 2.38. The van der Waals surface area contributed by atoms with Crippen LogP contribution in [0.2, 0.25) is 0 Å². The van der Waals surface area contributed by atoms with Gasteiger partial charge in [0.05, 0.1) is 0 Å². The third kappa shape index (κ3) is 2.80. The number of halogens is 4. The van der Waals surface area contributed by atoms with Crippen molar-refractivity contribution in [1.29, 1.82) is 0 Å². The Morgan fingerprint density at radius 2 is 1.95 bits per heavy atom. The fourth-order valence-electron chi connectivity index (χ4n) is 1.84. The van der Waals surface area contributed by atoms with Gasteiger partial charge < -0.3 is 10.2 Å². The molecule has 1 N–H and O–H groups in total. The maximum atomic E-state index is 13.4. The van der Waals surface area contributed by atoms with E-state index in [0.717, 1.165) is 13.0 Å². The van der Waals surface area contributed by atoms with Crippen LogP contribution in [0.3, 0.4) is 0 Å². The van der Waals surface area contributed by atoms with Gasteiger partial charge in [-0.1, -0.05) is 0 Å². The third-order valence-corrected chi connectivity index (χ3v) is 2.91. The van der Waals surface area contributed by atoms with Crippen molar-refractivity contribution in [1.82, 2.24) is 10.2 Å². The first kappa shape index (κ1) is 13.6. The van der Waals surface area contributed by atoms with Crippen LogP contribution in [0.25, 0.3) is 0 Å². The van der Waals surface area contributed by atoms with Crippen molar-refractivity contribution in [2.45, 2.75) is 13.0 Å². The van der Waals surface area contributed by atoms with Crippen LogP contribution < -0.4 is 5.32 Å². The Labute approximate surface area is 107 Å². The highest BCUT2D eigenvalue weighted by Crippen LogP contribution is 2.19. The summed E-state index contributed by atoms with van der Waals surface area (Å²) in [4.78, 5) is 5.93. The van der Waals surface area contributed by atoms with Crippen LogP contribution in [0.15, 0.2) is 11.1 Å². The first-order chi connectivity index (χ1) is 9.00. The first-order valence-corrected chi connectivity index (χ1v) is 5.82. The van der Waals surface area contributed by atoms with Gasteiger partial charge in [-0.3, -0.25) is 4.99 Å². The predicted molar refractivity (Wildman–Crippen MR) is 62.7 cm³/mol. The van der Waals surface area contributed by atoms with Crippen LogP contribution in [0.1, 0.15) is 12.0 Å². The summed E-state index contributed by atoms with van der Waals surface area (Å²) in [6, 6.07) is 0.335. The van der Waals surface area contributed by atoms with E-state index in [2.05, 4.69) is 10.3 Å². The van der Waals surface area contributed by atoms with Crippen molar-refractivity contribution >= 4 is 5.96 Å². The maximum Gasteiger partial charge on any atom is 0.194 e. The monoisotopic (exact) mass is 275 g/mol. The van der Waals surface area contributed by atoms with E-state index >= 15 is 0 Å². The second-order valence-electron chi connectivity index (χ2n) is 4.28. The number of guanidine groups is 1. The van der Waals surface area contributed by atoms with Gasteiger partial charge in [0, 0.05) is 38.3 Å². The van der Waals surface area contributed by atoms with Gasteiger partial charge in [-0.15, -0.1) is 0 Å². The Hall–Kier alpha value is -1.79. The van der Waals surface area contributed by atoms with Gasteiger partial charge in [0.15, 0.2) is 23.4 Å². The maximum absolute atomic E-state index is 13.4. The number of hydrogen-bond donors (Lipinski definition) is 1. The first-order valence-electron chi connectivity index (χ1n) is 5.82. The molecule has 104 valence electrons. The summed E-state index contributed by atoms with van der Waals surface area (Å²) in [6.07, 6.45) is 0.898. The summed E-state index contributed by atoms with van der Waals surface area (Å²) in [5.41, 5.74) is -0.541. The molecule has 1 aromatic rings. The van der Waals surface area contributed by atoms with Gasteiger partial charge in [-0.25, -0.2) is 17.6 Å². The summed E-state index contributed by atoms with van der Waals surface area (Å²) in [5.74, 6) is -5.36. The Bertz CT molecular complexity index is 516. The number of nitrogens with one attached hydrogen (secondary N) is 1. The summed E-state index contributed by atoms with van der Waals surface area (Å²) >= 11 is 0. The van der Waals surface area contributed by atoms with Crippen LogP contribution in [0.5, 0.6) is 0 Å². The molecule has 0 saturated heterocycles. The highest BCUT2D eigenvalue weighted by Gasteiger charge is 2.20. The lowest BCUT2D eigenvalue weighted by molar-refractivity contribution is 0.418. The number of benzene rings is 1. The van der Waals surface area contributed by atoms with Crippen LogP contribution in [0.4, 0.5) is 17.6 Å². The number of hydrogen-bond acceptors (Lipinski definition) is 3. The molecule has 1 heterocycles. The summed E-state index contributed by atoms with van der Waals surface area (Å²) in [5, 5.41) is 2.72. The highest BCUT2D eigenvalue weighted by atomic mass is 19.2. The minimum absolute atomic E-state index is 0.294. The molecule has 0 aliphatic carbocycles. The lowest BCUT2D eigenvalue weighted by atomic mass is 10.2. The number of nitrogens with zero attached hydrogens (tertiary/aromatic N) is 2. The third-order valence-electron chi connectivity index (χ3n) is 2.91. The zero-order valence-electron chi connectivity index (χ0n) is 10.3. The van der Waals surface area contributed by atoms with Gasteiger partial charge in [0.2, 0.25) is 0 Å². The SMILES string of the molecule is CN1CCCN=C1NCc1c(F)cc(F)c(F)c1F. The Kier molecular flexibility index (Phi) is 3.92. The van der Waals surface area contributed by atoms with Crippen LogP contribution >= 0.6 is 0 Å². The normalized spacial score (nSPS) is 15.4. The molecule has 3 nitrogen and oxygen atoms in total. The molecule has 7 heteroatoms. The molecule has 19 heavy (non-hydrogen) atoms. The van der Waals surface area contributed by atoms with E-state index in [1.807, 2.05) is 0 Å². The van der Waals surface area contributed by atoms with Crippen molar-refractivity contribution in [2.24, 2.45) is 4.99 Å². The van der Waals surface area contributed by atoms with E-state index in [9.17, 15) is 17.6 Å². The van der Waals surface area contributed by atoms with Crippen molar-refractivity contribution in [3.05, 3.63) is 34.9 Å². The molecule has 0 spiro atoms. The zero-order chi connectivity index (χ0) is 14.0. The minimum atomic E-state index is -1.67. The van der Waals surface area contributed by atoms with Crippen LogP contribution in [-0.2, 0) is 6.54 Å². The van der Waals surface area contributed by atoms with E-state index in [1.54, 1.807) is 11.9 Å². The van der Waals surface area contributed by atoms with Crippen LogP contribution in [0, 0.1) is 23.3 Å².